The first-order valence-corrected chi connectivity index (χ1v) is 9.27. The van der Waals surface area contributed by atoms with Crippen molar-refractivity contribution >= 4 is 27.6 Å². The summed E-state index contributed by atoms with van der Waals surface area (Å²) in [6, 6.07) is 14.1. The van der Waals surface area contributed by atoms with Crippen LogP contribution >= 0.6 is 15.9 Å². The van der Waals surface area contributed by atoms with Gasteiger partial charge in [0, 0.05) is 23.6 Å². The molecule has 4 aromatic rings. The molecular weight excluding hydrogens is 447 g/mol. The van der Waals surface area contributed by atoms with Crippen LogP contribution in [0.25, 0.3) is 16.9 Å². The number of hydrogen-bond donors (Lipinski definition) is 1. The molecule has 0 fully saturated rings. The molecule has 0 spiro atoms. The lowest BCUT2D eigenvalue weighted by Gasteiger charge is -2.12. The van der Waals surface area contributed by atoms with E-state index in [4.69, 9.17) is 0 Å². The Morgan fingerprint density at radius 2 is 1.66 bits per heavy atom. The largest absolute Gasteiger partial charge is 0.416 e. The second-order valence-corrected chi connectivity index (χ2v) is 6.93. The Morgan fingerprint density at radius 1 is 0.931 bits per heavy atom. The third kappa shape index (κ3) is 4.14. The maximum Gasteiger partial charge on any atom is 0.416 e. The lowest BCUT2D eigenvalue weighted by molar-refractivity contribution is -0.137. The topological polar surface area (TPSA) is 55.6 Å². The predicted octanol–water partition coefficient (Wildman–Crippen LogP) is 5.85. The van der Waals surface area contributed by atoms with Crippen LogP contribution in [0.5, 0.6) is 0 Å². The third-order valence-electron chi connectivity index (χ3n) is 4.12. The first-order chi connectivity index (χ1) is 13.9. The van der Waals surface area contributed by atoms with Gasteiger partial charge in [-0.1, -0.05) is 12.1 Å². The van der Waals surface area contributed by atoms with Crippen molar-refractivity contribution in [3.05, 3.63) is 83.2 Å². The van der Waals surface area contributed by atoms with Crippen molar-refractivity contribution in [2.24, 2.45) is 0 Å². The van der Waals surface area contributed by atoms with Crippen LogP contribution in [0.4, 0.5) is 24.8 Å². The minimum atomic E-state index is -4.42. The van der Waals surface area contributed by atoms with Crippen LogP contribution in [0.2, 0.25) is 0 Å². The number of hydrogen-bond acceptors (Lipinski definition) is 4. The van der Waals surface area contributed by atoms with Crippen molar-refractivity contribution in [3.8, 4) is 16.9 Å². The van der Waals surface area contributed by atoms with Crippen LogP contribution in [0.1, 0.15) is 5.56 Å². The maximum atomic E-state index is 13.1. The second kappa shape index (κ2) is 7.67. The lowest BCUT2D eigenvalue weighted by Crippen LogP contribution is -2.05. The number of aromatic nitrogens is 4. The Balaban J connectivity index is 1.67. The van der Waals surface area contributed by atoms with Crippen LogP contribution in [0.15, 0.2) is 77.7 Å². The summed E-state index contributed by atoms with van der Waals surface area (Å²) in [6.45, 7) is 0. The zero-order valence-corrected chi connectivity index (χ0v) is 16.3. The van der Waals surface area contributed by atoms with E-state index in [2.05, 4.69) is 36.3 Å². The van der Waals surface area contributed by atoms with E-state index in [1.165, 1.54) is 6.07 Å². The number of benzene rings is 2. The highest BCUT2D eigenvalue weighted by atomic mass is 79.9. The first-order valence-electron chi connectivity index (χ1n) is 8.47. The maximum absolute atomic E-state index is 13.1. The third-order valence-corrected chi connectivity index (χ3v) is 4.70. The molecule has 0 aliphatic heterocycles. The summed E-state index contributed by atoms with van der Waals surface area (Å²) in [4.78, 5) is 8.20. The summed E-state index contributed by atoms with van der Waals surface area (Å²) < 4.78 is 41.5. The zero-order valence-electron chi connectivity index (χ0n) is 14.7. The van der Waals surface area contributed by atoms with Gasteiger partial charge in [0.25, 0.3) is 0 Å². The molecule has 9 heteroatoms. The molecule has 5 nitrogen and oxygen atoms in total. The fourth-order valence-corrected chi connectivity index (χ4v) is 3.29. The summed E-state index contributed by atoms with van der Waals surface area (Å²) in [5.41, 5.74) is 1.69. The van der Waals surface area contributed by atoms with Gasteiger partial charge >= 0.3 is 6.18 Å². The average molecular weight is 460 g/mol. The van der Waals surface area contributed by atoms with Crippen molar-refractivity contribution in [3.63, 3.8) is 0 Å². The molecule has 146 valence electrons. The minimum Gasteiger partial charge on any atom is -0.324 e. The summed E-state index contributed by atoms with van der Waals surface area (Å²) in [6.07, 6.45) is 0.401. The molecule has 2 heterocycles. The Bertz CT molecular complexity index is 1130. The zero-order chi connectivity index (χ0) is 20.4. The van der Waals surface area contributed by atoms with E-state index >= 15 is 0 Å². The van der Waals surface area contributed by atoms with E-state index in [1.807, 2.05) is 24.3 Å². The highest BCUT2D eigenvalue weighted by Crippen LogP contribution is 2.35. The average Bonchev–Trinajstić information content (AvgIpc) is 3.10. The Kier molecular flexibility index (Phi) is 5.06. The highest BCUT2D eigenvalue weighted by Gasteiger charge is 2.31. The molecular formula is C20H13BrF3N5. The number of nitrogens with one attached hydrogen (secondary N) is 1. The molecule has 29 heavy (non-hydrogen) atoms. The second-order valence-electron chi connectivity index (χ2n) is 6.08. The summed E-state index contributed by atoms with van der Waals surface area (Å²) in [5, 5.41) is 7.38. The van der Waals surface area contributed by atoms with Gasteiger partial charge in [0.1, 0.15) is 0 Å². The quantitative estimate of drug-likeness (QED) is 0.415. The number of halogens is 4. The lowest BCUT2D eigenvalue weighted by atomic mass is 10.1. The number of anilines is 2. The van der Waals surface area contributed by atoms with Crippen LogP contribution in [-0.4, -0.2) is 19.7 Å². The normalized spacial score (nSPS) is 11.4. The van der Waals surface area contributed by atoms with Crippen LogP contribution < -0.4 is 5.32 Å². The van der Waals surface area contributed by atoms with E-state index < -0.39 is 11.7 Å². The smallest absolute Gasteiger partial charge is 0.324 e. The minimum absolute atomic E-state index is 0.407. The van der Waals surface area contributed by atoms with E-state index in [9.17, 15) is 13.2 Å². The molecule has 2 aromatic carbocycles. The molecule has 0 atom stereocenters. The van der Waals surface area contributed by atoms with Crippen molar-refractivity contribution in [1.82, 2.24) is 19.7 Å². The molecule has 0 bridgehead atoms. The van der Waals surface area contributed by atoms with Gasteiger partial charge in [-0.2, -0.15) is 18.3 Å². The Morgan fingerprint density at radius 3 is 2.34 bits per heavy atom. The number of nitrogens with zero attached hydrogens (tertiary/aromatic N) is 4. The molecule has 0 radical (unpaired) electrons. The van der Waals surface area contributed by atoms with Gasteiger partial charge < -0.3 is 5.32 Å². The van der Waals surface area contributed by atoms with Gasteiger partial charge in [-0.25, -0.2) is 14.6 Å². The standard InChI is InChI=1S/C20H13BrF3N5/c21-17-12-27-29(18(17)13-3-1-4-14(11-13)20(22,23)24)16-7-5-15(6-8-16)28-19-25-9-2-10-26-19/h1-12H,(H,25,26,28). The molecule has 1 N–H and O–H groups in total. The van der Waals surface area contributed by atoms with Gasteiger partial charge in [0.15, 0.2) is 0 Å². The number of rotatable bonds is 4. The Hall–Kier alpha value is -3.20. The molecule has 0 saturated carbocycles. The van der Waals surface area contributed by atoms with Gasteiger partial charge in [0.2, 0.25) is 5.95 Å². The summed E-state index contributed by atoms with van der Waals surface area (Å²) in [7, 11) is 0. The molecule has 0 amide bonds. The molecule has 4 rings (SSSR count). The van der Waals surface area contributed by atoms with Crippen LogP contribution in [-0.2, 0) is 6.18 Å². The summed E-state index contributed by atoms with van der Waals surface area (Å²) in [5.74, 6) is 0.465. The molecule has 0 saturated heterocycles. The monoisotopic (exact) mass is 459 g/mol. The van der Waals surface area contributed by atoms with Gasteiger partial charge in [-0.3, -0.25) is 0 Å². The van der Waals surface area contributed by atoms with Crippen molar-refractivity contribution in [1.29, 1.82) is 0 Å². The van der Waals surface area contributed by atoms with E-state index in [0.717, 1.165) is 17.8 Å². The molecule has 0 aliphatic carbocycles. The Labute approximate surface area is 172 Å². The van der Waals surface area contributed by atoms with Crippen molar-refractivity contribution < 1.29 is 13.2 Å². The molecule has 0 aliphatic rings. The van der Waals surface area contributed by atoms with E-state index in [1.54, 1.807) is 35.4 Å². The van der Waals surface area contributed by atoms with Gasteiger partial charge in [0.05, 0.1) is 27.6 Å². The predicted molar refractivity (Wildman–Crippen MR) is 107 cm³/mol. The van der Waals surface area contributed by atoms with E-state index in [-0.39, 0.29) is 0 Å². The number of alkyl halides is 3. The van der Waals surface area contributed by atoms with Crippen LogP contribution in [0, 0.1) is 0 Å². The fraction of sp³-hybridized carbons (Fsp3) is 0.0500. The van der Waals surface area contributed by atoms with E-state index in [0.29, 0.717) is 27.4 Å². The van der Waals surface area contributed by atoms with Crippen molar-refractivity contribution in [2.75, 3.05) is 5.32 Å². The van der Waals surface area contributed by atoms with Crippen LogP contribution in [0.3, 0.4) is 0 Å². The van der Waals surface area contributed by atoms with Gasteiger partial charge in [-0.15, -0.1) is 0 Å². The molecule has 0 unspecified atom stereocenters. The SMILES string of the molecule is FC(F)(F)c1cccc(-c2c(Br)cnn2-c2ccc(Nc3ncccn3)cc2)c1. The first kappa shape index (κ1) is 19.1. The van der Waals surface area contributed by atoms with Gasteiger partial charge in [-0.05, 0) is 58.4 Å². The highest BCUT2D eigenvalue weighted by molar-refractivity contribution is 9.10. The fourth-order valence-electron chi connectivity index (χ4n) is 2.81. The van der Waals surface area contributed by atoms with Crippen molar-refractivity contribution in [2.45, 2.75) is 6.18 Å². The summed E-state index contributed by atoms with van der Waals surface area (Å²) >= 11 is 3.39. The molecule has 2 aromatic heterocycles.